The number of alkyl carbamates (subject to hydrolysis) is 1. The monoisotopic (exact) mass is 251 g/mol. The summed E-state index contributed by atoms with van der Waals surface area (Å²) in [6.07, 6.45) is -0.563. The van der Waals surface area contributed by atoms with E-state index in [1.54, 1.807) is 0 Å². The summed E-state index contributed by atoms with van der Waals surface area (Å²) in [4.78, 5) is 11.4. The molecule has 2 N–H and O–H groups in total. The molecular formula is C14H21NO3. The van der Waals surface area contributed by atoms with E-state index in [0.717, 1.165) is 5.56 Å². The molecule has 0 aromatic heterocycles. The second kappa shape index (κ2) is 6.40. The van der Waals surface area contributed by atoms with Crippen LogP contribution in [-0.4, -0.2) is 23.3 Å². The third-order valence-corrected chi connectivity index (χ3v) is 2.27. The van der Waals surface area contributed by atoms with Crippen molar-refractivity contribution in [3.8, 4) is 0 Å². The lowest BCUT2D eigenvalue weighted by molar-refractivity contribution is 0.0518. The van der Waals surface area contributed by atoms with Crippen molar-refractivity contribution in [1.82, 2.24) is 5.32 Å². The molecule has 0 radical (unpaired) electrons. The van der Waals surface area contributed by atoms with Gasteiger partial charge in [0.2, 0.25) is 0 Å². The van der Waals surface area contributed by atoms with E-state index in [-0.39, 0.29) is 0 Å². The van der Waals surface area contributed by atoms with Crippen molar-refractivity contribution in [1.29, 1.82) is 0 Å². The molecule has 0 fully saturated rings. The van der Waals surface area contributed by atoms with Gasteiger partial charge in [-0.05, 0) is 32.8 Å². The molecule has 1 aromatic rings. The fourth-order valence-corrected chi connectivity index (χ4v) is 1.47. The van der Waals surface area contributed by atoms with E-state index in [9.17, 15) is 9.90 Å². The van der Waals surface area contributed by atoms with Crippen LogP contribution in [0.2, 0.25) is 0 Å². The van der Waals surface area contributed by atoms with Crippen LogP contribution in [0.3, 0.4) is 0 Å². The minimum absolute atomic E-state index is 0.380. The maximum absolute atomic E-state index is 11.4. The summed E-state index contributed by atoms with van der Waals surface area (Å²) >= 11 is 0. The maximum Gasteiger partial charge on any atom is 0.407 e. The number of carbonyl (C=O) groups is 1. The highest BCUT2D eigenvalue weighted by Gasteiger charge is 2.16. The van der Waals surface area contributed by atoms with Gasteiger partial charge >= 0.3 is 6.09 Å². The molecule has 1 amide bonds. The van der Waals surface area contributed by atoms with E-state index >= 15 is 0 Å². The number of nitrogens with one attached hydrogen (secondary N) is 1. The van der Waals surface area contributed by atoms with Crippen molar-refractivity contribution in [2.45, 2.75) is 38.9 Å². The van der Waals surface area contributed by atoms with Gasteiger partial charge in [0.25, 0.3) is 0 Å². The molecule has 0 saturated heterocycles. The zero-order valence-corrected chi connectivity index (χ0v) is 11.1. The fraction of sp³-hybridized carbons (Fsp3) is 0.500. The summed E-state index contributed by atoms with van der Waals surface area (Å²) in [6, 6.07) is 9.37. The van der Waals surface area contributed by atoms with Crippen LogP contribution < -0.4 is 5.32 Å². The Morgan fingerprint density at radius 2 is 1.94 bits per heavy atom. The Labute approximate surface area is 108 Å². The van der Waals surface area contributed by atoms with Crippen molar-refractivity contribution in [2.24, 2.45) is 0 Å². The summed E-state index contributed by atoms with van der Waals surface area (Å²) < 4.78 is 5.09. The molecule has 0 aliphatic carbocycles. The average molecular weight is 251 g/mol. The second-order valence-corrected chi connectivity index (χ2v) is 5.14. The molecule has 0 unspecified atom stereocenters. The molecule has 1 rings (SSSR count). The van der Waals surface area contributed by atoms with Crippen LogP contribution in [0.4, 0.5) is 4.79 Å². The predicted octanol–water partition coefficient (Wildman–Crippen LogP) is 2.63. The van der Waals surface area contributed by atoms with Gasteiger partial charge < -0.3 is 15.2 Å². The number of amides is 1. The molecule has 1 aromatic carbocycles. The van der Waals surface area contributed by atoms with Gasteiger partial charge in [-0.25, -0.2) is 4.79 Å². The van der Waals surface area contributed by atoms with Gasteiger partial charge in [0.1, 0.15) is 5.60 Å². The summed E-state index contributed by atoms with van der Waals surface area (Å²) in [7, 11) is 0. The van der Waals surface area contributed by atoms with E-state index in [1.807, 2.05) is 51.1 Å². The van der Waals surface area contributed by atoms with E-state index < -0.39 is 17.8 Å². The van der Waals surface area contributed by atoms with Gasteiger partial charge in [-0.3, -0.25) is 0 Å². The Morgan fingerprint density at radius 1 is 1.33 bits per heavy atom. The largest absolute Gasteiger partial charge is 0.444 e. The molecule has 0 bridgehead atoms. The third-order valence-electron chi connectivity index (χ3n) is 2.27. The summed E-state index contributed by atoms with van der Waals surface area (Å²) in [5, 5.41) is 12.5. The Balaban J connectivity index is 2.28. The average Bonchev–Trinajstić information content (AvgIpc) is 2.27. The first-order valence-corrected chi connectivity index (χ1v) is 6.08. The highest BCUT2D eigenvalue weighted by atomic mass is 16.6. The normalized spacial score (nSPS) is 12.9. The fourth-order valence-electron chi connectivity index (χ4n) is 1.47. The SMILES string of the molecule is CC(C)(C)OC(=O)NCC[C@H](O)c1ccccc1. The number of ether oxygens (including phenoxy) is 1. The Bertz CT molecular complexity index is 370. The summed E-state index contributed by atoms with van der Waals surface area (Å²) in [6.45, 7) is 5.81. The minimum Gasteiger partial charge on any atom is -0.444 e. The molecule has 0 saturated carbocycles. The van der Waals surface area contributed by atoms with Gasteiger partial charge in [0.15, 0.2) is 0 Å². The Kier molecular flexibility index (Phi) is 5.16. The Hall–Kier alpha value is -1.55. The molecule has 4 heteroatoms. The van der Waals surface area contributed by atoms with Crippen LogP contribution in [0.5, 0.6) is 0 Å². The lowest BCUT2D eigenvalue weighted by atomic mass is 10.1. The molecular weight excluding hydrogens is 230 g/mol. The molecule has 0 aliphatic rings. The zero-order chi connectivity index (χ0) is 13.6. The number of hydrogen-bond acceptors (Lipinski definition) is 3. The van der Waals surface area contributed by atoms with E-state index in [4.69, 9.17) is 4.74 Å². The molecule has 4 nitrogen and oxygen atoms in total. The molecule has 18 heavy (non-hydrogen) atoms. The molecule has 0 aliphatic heterocycles. The van der Waals surface area contributed by atoms with Crippen LogP contribution in [0, 0.1) is 0 Å². The van der Waals surface area contributed by atoms with E-state index in [1.165, 1.54) is 0 Å². The smallest absolute Gasteiger partial charge is 0.407 e. The number of aliphatic hydroxyl groups is 1. The van der Waals surface area contributed by atoms with E-state index in [2.05, 4.69) is 5.32 Å². The maximum atomic E-state index is 11.4. The molecule has 1 atom stereocenters. The van der Waals surface area contributed by atoms with Crippen molar-refractivity contribution in [3.63, 3.8) is 0 Å². The van der Waals surface area contributed by atoms with Gasteiger partial charge in [0, 0.05) is 6.54 Å². The molecule has 0 heterocycles. The molecule has 0 spiro atoms. The van der Waals surface area contributed by atoms with Crippen molar-refractivity contribution < 1.29 is 14.6 Å². The minimum atomic E-state index is -0.568. The van der Waals surface area contributed by atoms with Gasteiger partial charge in [-0.2, -0.15) is 0 Å². The van der Waals surface area contributed by atoms with Crippen molar-refractivity contribution >= 4 is 6.09 Å². The Morgan fingerprint density at radius 3 is 2.50 bits per heavy atom. The topological polar surface area (TPSA) is 58.6 Å². The van der Waals surface area contributed by atoms with E-state index in [0.29, 0.717) is 13.0 Å². The zero-order valence-electron chi connectivity index (χ0n) is 11.1. The standard InChI is InChI=1S/C14H21NO3/c1-14(2,3)18-13(17)15-10-9-12(16)11-7-5-4-6-8-11/h4-8,12,16H,9-10H2,1-3H3,(H,15,17)/t12-/m0/s1. The summed E-state index contributed by atoms with van der Waals surface area (Å²) in [5.41, 5.74) is 0.353. The lowest BCUT2D eigenvalue weighted by Gasteiger charge is -2.20. The highest BCUT2D eigenvalue weighted by Crippen LogP contribution is 2.15. The molecule has 100 valence electrons. The number of carbonyl (C=O) groups excluding carboxylic acids is 1. The highest BCUT2D eigenvalue weighted by molar-refractivity contribution is 5.67. The van der Waals surface area contributed by atoms with Gasteiger partial charge in [-0.1, -0.05) is 30.3 Å². The van der Waals surface area contributed by atoms with Crippen LogP contribution in [-0.2, 0) is 4.74 Å². The third kappa shape index (κ3) is 5.68. The van der Waals surface area contributed by atoms with Crippen LogP contribution in [0.25, 0.3) is 0 Å². The second-order valence-electron chi connectivity index (χ2n) is 5.14. The number of benzene rings is 1. The number of aliphatic hydroxyl groups excluding tert-OH is 1. The van der Waals surface area contributed by atoms with Gasteiger partial charge in [-0.15, -0.1) is 0 Å². The van der Waals surface area contributed by atoms with Crippen molar-refractivity contribution in [2.75, 3.05) is 6.54 Å². The first-order chi connectivity index (χ1) is 8.38. The van der Waals surface area contributed by atoms with Crippen LogP contribution >= 0.6 is 0 Å². The number of hydrogen-bond donors (Lipinski definition) is 2. The first kappa shape index (κ1) is 14.5. The first-order valence-electron chi connectivity index (χ1n) is 6.08. The van der Waals surface area contributed by atoms with Crippen LogP contribution in [0.1, 0.15) is 38.9 Å². The van der Waals surface area contributed by atoms with Crippen molar-refractivity contribution in [3.05, 3.63) is 35.9 Å². The summed E-state index contributed by atoms with van der Waals surface area (Å²) in [5.74, 6) is 0. The number of rotatable bonds is 4. The predicted molar refractivity (Wildman–Crippen MR) is 70.3 cm³/mol. The quantitative estimate of drug-likeness (QED) is 0.864. The van der Waals surface area contributed by atoms with Crippen LogP contribution in [0.15, 0.2) is 30.3 Å². The lowest BCUT2D eigenvalue weighted by Crippen LogP contribution is -2.33. The van der Waals surface area contributed by atoms with Gasteiger partial charge in [0.05, 0.1) is 6.10 Å².